The topological polar surface area (TPSA) is 29.5 Å². The van der Waals surface area contributed by atoms with Crippen LogP contribution in [0.3, 0.4) is 0 Å². The van der Waals surface area contributed by atoms with Crippen LogP contribution in [0.4, 0.5) is 0 Å². The summed E-state index contributed by atoms with van der Waals surface area (Å²) < 4.78 is 5.58. The fraction of sp³-hybridized carbons (Fsp3) is 0.833. The maximum atomic E-state index is 8.70. The van der Waals surface area contributed by atoms with Crippen molar-refractivity contribution in [1.29, 1.82) is 0 Å². The molecule has 0 heterocycles. The Balaban J connectivity index is 2.42. The number of hydrogen-bond acceptors (Lipinski definition) is 2. The summed E-state index contributed by atoms with van der Waals surface area (Å²) in [6, 6.07) is 0. The van der Waals surface area contributed by atoms with Gasteiger partial charge >= 0.3 is 0 Å². The van der Waals surface area contributed by atoms with Gasteiger partial charge in [-0.1, -0.05) is 20.4 Å². The van der Waals surface area contributed by atoms with Crippen molar-refractivity contribution in [3.8, 4) is 0 Å². The summed E-state index contributed by atoms with van der Waals surface area (Å²) in [6.07, 6.45) is 3.59. The molecule has 0 spiro atoms. The fourth-order valence-corrected chi connectivity index (χ4v) is 2.08. The van der Waals surface area contributed by atoms with E-state index in [0.29, 0.717) is 6.61 Å². The van der Waals surface area contributed by atoms with Gasteiger partial charge in [0.2, 0.25) is 0 Å². The van der Waals surface area contributed by atoms with Crippen molar-refractivity contribution in [1.82, 2.24) is 0 Å². The molecule has 1 fully saturated rings. The van der Waals surface area contributed by atoms with Crippen molar-refractivity contribution in [2.45, 2.75) is 39.2 Å². The molecule has 1 aliphatic carbocycles. The highest BCUT2D eigenvalue weighted by molar-refractivity contribution is 5.06. The first-order valence-electron chi connectivity index (χ1n) is 5.55. The Morgan fingerprint density at radius 3 is 2.86 bits per heavy atom. The zero-order valence-corrected chi connectivity index (χ0v) is 9.33. The minimum absolute atomic E-state index is 0.107. The minimum atomic E-state index is 0.107. The van der Waals surface area contributed by atoms with E-state index in [9.17, 15) is 0 Å². The highest BCUT2D eigenvalue weighted by atomic mass is 16.5. The van der Waals surface area contributed by atoms with Crippen LogP contribution in [0.15, 0.2) is 12.2 Å². The summed E-state index contributed by atoms with van der Waals surface area (Å²) in [5.74, 6) is 1.48. The van der Waals surface area contributed by atoms with Crippen LogP contribution in [-0.2, 0) is 4.74 Å². The second kappa shape index (κ2) is 5.52. The molecule has 1 aliphatic rings. The zero-order valence-electron chi connectivity index (χ0n) is 9.33. The number of aliphatic hydroxyl groups excluding tert-OH is 1. The van der Waals surface area contributed by atoms with Crippen molar-refractivity contribution in [3.63, 3.8) is 0 Å². The van der Waals surface area contributed by atoms with Gasteiger partial charge in [-0.25, -0.2) is 0 Å². The van der Waals surface area contributed by atoms with Crippen LogP contribution >= 0.6 is 0 Å². The average molecular weight is 198 g/mol. The molecular formula is C12H22O2. The SMILES string of the molecule is C=C1CCC(C(C)C)CC1OCCO. The van der Waals surface area contributed by atoms with E-state index < -0.39 is 0 Å². The first kappa shape index (κ1) is 11.7. The molecule has 1 rings (SSSR count). The first-order valence-corrected chi connectivity index (χ1v) is 5.55. The van der Waals surface area contributed by atoms with Crippen molar-refractivity contribution in [2.24, 2.45) is 11.8 Å². The van der Waals surface area contributed by atoms with Crippen LogP contribution in [0, 0.1) is 11.8 Å². The van der Waals surface area contributed by atoms with Gasteiger partial charge in [0.1, 0.15) is 0 Å². The summed E-state index contributed by atoms with van der Waals surface area (Å²) in [4.78, 5) is 0. The lowest BCUT2D eigenvalue weighted by molar-refractivity contribution is 0.0190. The van der Waals surface area contributed by atoms with Crippen molar-refractivity contribution < 1.29 is 9.84 Å². The van der Waals surface area contributed by atoms with Gasteiger partial charge in [0.25, 0.3) is 0 Å². The second-order valence-electron chi connectivity index (χ2n) is 4.52. The Morgan fingerprint density at radius 1 is 1.57 bits per heavy atom. The summed E-state index contributed by atoms with van der Waals surface area (Å²) in [7, 11) is 0. The molecule has 2 nitrogen and oxygen atoms in total. The molecule has 0 aromatic rings. The molecule has 2 atom stereocenters. The molecule has 2 unspecified atom stereocenters. The molecule has 0 bridgehead atoms. The van der Waals surface area contributed by atoms with Crippen LogP contribution in [0.5, 0.6) is 0 Å². The quantitative estimate of drug-likeness (QED) is 0.703. The van der Waals surface area contributed by atoms with Crippen molar-refractivity contribution in [2.75, 3.05) is 13.2 Å². The molecule has 2 heteroatoms. The zero-order chi connectivity index (χ0) is 10.6. The number of aliphatic hydroxyl groups is 1. The molecule has 1 N–H and O–H groups in total. The van der Waals surface area contributed by atoms with Gasteiger partial charge in [0.05, 0.1) is 19.3 Å². The molecule has 0 aromatic heterocycles. The van der Waals surface area contributed by atoms with Gasteiger partial charge in [-0.05, 0) is 36.7 Å². The number of ether oxygens (including phenoxy) is 1. The maximum absolute atomic E-state index is 8.70. The Hall–Kier alpha value is -0.340. The van der Waals surface area contributed by atoms with E-state index in [1.165, 1.54) is 12.0 Å². The molecule has 1 saturated carbocycles. The first-order chi connectivity index (χ1) is 6.65. The third kappa shape index (κ3) is 3.10. The molecule has 14 heavy (non-hydrogen) atoms. The average Bonchev–Trinajstić information content (AvgIpc) is 2.16. The number of rotatable bonds is 4. The van der Waals surface area contributed by atoms with E-state index in [0.717, 1.165) is 24.7 Å². The van der Waals surface area contributed by atoms with Crippen molar-refractivity contribution in [3.05, 3.63) is 12.2 Å². The normalized spacial score (nSPS) is 28.4. The molecular weight excluding hydrogens is 176 g/mol. The highest BCUT2D eigenvalue weighted by Gasteiger charge is 2.26. The molecule has 0 aliphatic heterocycles. The van der Waals surface area contributed by atoms with Crippen LogP contribution < -0.4 is 0 Å². The Bertz CT molecular complexity index is 187. The standard InChI is InChI=1S/C12H22O2/c1-9(2)11-5-4-10(3)12(8-11)14-7-6-13/h9,11-13H,3-8H2,1-2H3. The maximum Gasteiger partial charge on any atom is 0.0786 e. The third-order valence-corrected chi connectivity index (χ3v) is 3.16. The molecule has 0 aromatic carbocycles. The van der Waals surface area contributed by atoms with Gasteiger partial charge in [-0.2, -0.15) is 0 Å². The summed E-state index contributed by atoms with van der Waals surface area (Å²) in [5, 5.41) is 8.70. The molecule has 82 valence electrons. The molecule has 0 saturated heterocycles. The Labute approximate surface area is 87.0 Å². The van der Waals surface area contributed by atoms with Crippen molar-refractivity contribution >= 4 is 0 Å². The lowest BCUT2D eigenvalue weighted by Crippen LogP contribution is -2.28. The lowest BCUT2D eigenvalue weighted by atomic mass is 9.78. The van der Waals surface area contributed by atoms with Crippen LogP contribution in [-0.4, -0.2) is 24.4 Å². The minimum Gasteiger partial charge on any atom is -0.394 e. The highest BCUT2D eigenvalue weighted by Crippen LogP contribution is 2.33. The molecule has 0 amide bonds. The smallest absolute Gasteiger partial charge is 0.0786 e. The summed E-state index contributed by atoms with van der Waals surface area (Å²) in [5.41, 5.74) is 1.20. The third-order valence-electron chi connectivity index (χ3n) is 3.16. The van der Waals surface area contributed by atoms with E-state index >= 15 is 0 Å². The van der Waals surface area contributed by atoms with Crippen LogP contribution in [0.25, 0.3) is 0 Å². The summed E-state index contributed by atoms with van der Waals surface area (Å²) >= 11 is 0. The van der Waals surface area contributed by atoms with E-state index in [1.807, 2.05) is 0 Å². The van der Waals surface area contributed by atoms with Crippen LogP contribution in [0.1, 0.15) is 33.1 Å². The fourth-order valence-electron chi connectivity index (χ4n) is 2.08. The predicted octanol–water partition coefficient (Wildman–Crippen LogP) is 2.38. The van der Waals surface area contributed by atoms with Gasteiger partial charge in [0.15, 0.2) is 0 Å². The van der Waals surface area contributed by atoms with E-state index in [1.54, 1.807) is 0 Å². The van der Waals surface area contributed by atoms with Gasteiger partial charge < -0.3 is 9.84 Å². The lowest BCUT2D eigenvalue weighted by Gasteiger charge is -2.33. The molecule has 0 radical (unpaired) electrons. The Kier molecular flexibility index (Phi) is 4.63. The van der Waals surface area contributed by atoms with E-state index in [-0.39, 0.29) is 12.7 Å². The second-order valence-corrected chi connectivity index (χ2v) is 4.52. The monoisotopic (exact) mass is 198 g/mol. The van der Waals surface area contributed by atoms with Gasteiger partial charge in [-0.15, -0.1) is 0 Å². The van der Waals surface area contributed by atoms with Gasteiger partial charge in [0, 0.05) is 0 Å². The van der Waals surface area contributed by atoms with Crippen LogP contribution in [0.2, 0.25) is 0 Å². The Morgan fingerprint density at radius 2 is 2.29 bits per heavy atom. The van der Waals surface area contributed by atoms with Gasteiger partial charge in [-0.3, -0.25) is 0 Å². The van der Waals surface area contributed by atoms with E-state index in [4.69, 9.17) is 9.84 Å². The number of hydrogen-bond donors (Lipinski definition) is 1. The predicted molar refractivity (Wildman–Crippen MR) is 58.1 cm³/mol. The largest absolute Gasteiger partial charge is 0.394 e. The van der Waals surface area contributed by atoms with E-state index in [2.05, 4.69) is 20.4 Å². The summed E-state index contributed by atoms with van der Waals surface area (Å²) in [6.45, 7) is 9.11.